The number of carbonyl (C=O) groups is 1. The average Bonchev–Trinajstić information content (AvgIpc) is 2.86. The Labute approximate surface area is 130 Å². The van der Waals surface area contributed by atoms with Gasteiger partial charge in [0.1, 0.15) is 4.88 Å². The van der Waals surface area contributed by atoms with Crippen molar-refractivity contribution < 1.29 is 9.53 Å². The zero-order valence-electron chi connectivity index (χ0n) is 11.5. The van der Waals surface area contributed by atoms with Crippen molar-refractivity contribution in [1.82, 2.24) is 4.98 Å². The molecule has 6 heteroatoms. The van der Waals surface area contributed by atoms with E-state index in [9.17, 15) is 4.79 Å². The van der Waals surface area contributed by atoms with Gasteiger partial charge in [-0.05, 0) is 40.5 Å². The molecule has 0 bridgehead atoms. The maximum atomic E-state index is 12.6. The Morgan fingerprint density at radius 2 is 2.25 bits per heavy atom. The molecule has 2 aromatic rings. The zero-order chi connectivity index (χ0) is 14.7. The number of hydrogen-bond donors (Lipinski definition) is 0. The van der Waals surface area contributed by atoms with Crippen LogP contribution in [0.4, 0.5) is 5.69 Å². The van der Waals surface area contributed by atoms with Crippen molar-refractivity contribution >= 4 is 38.9 Å². The summed E-state index contributed by atoms with van der Waals surface area (Å²) in [7, 11) is 3.35. The summed E-state index contributed by atoms with van der Waals surface area (Å²) in [4.78, 5) is 19.0. The lowest BCUT2D eigenvalue weighted by Gasteiger charge is -2.19. The van der Waals surface area contributed by atoms with E-state index in [1.165, 1.54) is 11.3 Å². The normalized spacial score (nSPS) is 10.6. The van der Waals surface area contributed by atoms with Crippen molar-refractivity contribution in [3.05, 3.63) is 44.3 Å². The van der Waals surface area contributed by atoms with Gasteiger partial charge in [-0.1, -0.05) is 6.07 Å². The SMILES string of the molecule is COCc1ncsc1C(=O)N(C)c1ccc(C)cc1Br. The van der Waals surface area contributed by atoms with Gasteiger partial charge < -0.3 is 9.64 Å². The summed E-state index contributed by atoms with van der Waals surface area (Å²) in [6, 6.07) is 5.89. The van der Waals surface area contributed by atoms with Crippen LogP contribution in [0.5, 0.6) is 0 Å². The highest BCUT2D eigenvalue weighted by Gasteiger charge is 2.21. The predicted octanol–water partition coefficient (Wildman–Crippen LogP) is 3.64. The number of anilines is 1. The van der Waals surface area contributed by atoms with Crippen LogP contribution >= 0.6 is 27.3 Å². The minimum atomic E-state index is -0.0795. The van der Waals surface area contributed by atoms with Crippen LogP contribution in [-0.4, -0.2) is 25.0 Å². The highest BCUT2D eigenvalue weighted by Crippen LogP contribution is 2.28. The van der Waals surface area contributed by atoms with Gasteiger partial charge in [0.05, 0.1) is 23.5 Å². The Hall–Kier alpha value is -1.24. The Morgan fingerprint density at radius 1 is 1.50 bits per heavy atom. The lowest BCUT2D eigenvalue weighted by atomic mass is 10.2. The Bertz CT molecular complexity index is 627. The third kappa shape index (κ3) is 3.08. The summed E-state index contributed by atoms with van der Waals surface area (Å²) in [5.41, 5.74) is 4.31. The number of rotatable bonds is 4. The summed E-state index contributed by atoms with van der Waals surface area (Å²) in [5.74, 6) is -0.0795. The van der Waals surface area contributed by atoms with Gasteiger partial charge in [-0.15, -0.1) is 11.3 Å². The number of aryl methyl sites for hydroxylation is 1. The Balaban J connectivity index is 2.30. The van der Waals surface area contributed by atoms with Crippen LogP contribution in [-0.2, 0) is 11.3 Å². The van der Waals surface area contributed by atoms with Gasteiger partial charge in [0.2, 0.25) is 0 Å². The van der Waals surface area contributed by atoms with Crippen molar-refractivity contribution in [3.63, 3.8) is 0 Å². The van der Waals surface area contributed by atoms with E-state index in [2.05, 4.69) is 20.9 Å². The van der Waals surface area contributed by atoms with Gasteiger partial charge in [-0.2, -0.15) is 0 Å². The van der Waals surface area contributed by atoms with Gasteiger partial charge in [0, 0.05) is 18.6 Å². The number of hydrogen-bond acceptors (Lipinski definition) is 4. The first-order valence-electron chi connectivity index (χ1n) is 6.00. The summed E-state index contributed by atoms with van der Waals surface area (Å²) in [5, 5.41) is 0. The van der Waals surface area contributed by atoms with Gasteiger partial charge in [-0.3, -0.25) is 4.79 Å². The third-order valence-electron chi connectivity index (χ3n) is 2.89. The minimum absolute atomic E-state index is 0.0795. The van der Waals surface area contributed by atoms with E-state index in [-0.39, 0.29) is 5.91 Å². The predicted molar refractivity (Wildman–Crippen MR) is 84.4 cm³/mol. The maximum Gasteiger partial charge on any atom is 0.270 e. The molecule has 0 unspecified atom stereocenters. The molecular weight excluding hydrogens is 340 g/mol. The molecule has 0 aliphatic rings. The summed E-state index contributed by atoms with van der Waals surface area (Å²) in [6.45, 7) is 2.35. The van der Waals surface area contributed by atoms with E-state index in [4.69, 9.17) is 4.74 Å². The molecule has 0 aliphatic carbocycles. The van der Waals surface area contributed by atoms with Crippen molar-refractivity contribution in [3.8, 4) is 0 Å². The summed E-state index contributed by atoms with van der Waals surface area (Å²) in [6.07, 6.45) is 0. The van der Waals surface area contributed by atoms with E-state index in [0.717, 1.165) is 15.7 Å². The molecule has 20 heavy (non-hydrogen) atoms. The molecule has 0 radical (unpaired) electrons. The zero-order valence-corrected chi connectivity index (χ0v) is 13.9. The molecule has 106 valence electrons. The molecule has 0 aliphatic heterocycles. The number of methoxy groups -OCH3 is 1. The molecule has 0 fully saturated rings. The molecule has 1 aromatic heterocycles. The van der Waals surface area contributed by atoms with Crippen LogP contribution in [0.15, 0.2) is 28.2 Å². The second kappa shape index (κ2) is 6.47. The molecule has 0 N–H and O–H groups in total. The van der Waals surface area contributed by atoms with Gasteiger partial charge >= 0.3 is 0 Å². The monoisotopic (exact) mass is 354 g/mol. The lowest BCUT2D eigenvalue weighted by molar-refractivity contribution is 0.0991. The molecule has 4 nitrogen and oxygen atoms in total. The second-order valence-corrected chi connectivity index (χ2v) is 6.09. The molecule has 0 spiro atoms. The van der Waals surface area contributed by atoms with E-state index in [1.54, 1.807) is 24.6 Å². The highest BCUT2D eigenvalue weighted by molar-refractivity contribution is 9.10. The Kier molecular flexibility index (Phi) is 4.91. The van der Waals surface area contributed by atoms with Gasteiger partial charge in [0.15, 0.2) is 0 Å². The first-order valence-corrected chi connectivity index (χ1v) is 7.67. The average molecular weight is 355 g/mol. The van der Waals surface area contributed by atoms with Gasteiger partial charge in [-0.25, -0.2) is 4.98 Å². The molecule has 1 heterocycles. The third-order valence-corrected chi connectivity index (χ3v) is 4.38. The topological polar surface area (TPSA) is 42.4 Å². The van der Waals surface area contributed by atoms with Crippen LogP contribution in [0.2, 0.25) is 0 Å². The number of ether oxygens (including phenoxy) is 1. The second-order valence-electron chi connectivity index (χ2n) is 4.38. The van der Waals surface area contributed by atoms with Crippen molar-refractivity contribution in [2.24, 2.45) is 0 Å². The standard InChI is InChI=1S/C14H15BrN2O2S/c1-9-4-5-12(10(15)6-9)17(2)14(18)13-11(7-19-3)16-8-20-13/h4-6,8H,7H2,1-3H3. The van der Waals surface area contributed by atoms with Gasteiger partial charge in [0.25, 0.3) is 5.91 Å². The van der Waals surface area contributed by atoms with E-state index in [1.807, 2.05) is 25.1 Å². The largest absolute Gasteiger partial charge is 0.378 e. The summed E-state index contributed by atoms with van der Waals surface area (Å²) >= 11 is 4.83. The number of halogens is 1. The number of aromatic nitrogens is 1. The van der Waals surface area contributed by atoms with E-state index < -0.39 is 0 Å². The number of nitrogens with zero attached hydrogens (tertiary/aromatic N) is 2. The number of carbonyl (C=O) groups excluding carboxylic acids is 1. The molecule has 0 atom stereocenters. The molecule has 1 aromatic carbocycles. The van der Waals surface area contributed by atoms with Crippen LogP contribution in [0.25, 0.3) is 0 Å². The van der Waals surface area contributed by atoms with E-state index in [0.29, 0.717) is 17.2 Å². The first kappa shape index (κ1) is 15.2. The van der Waals surface area contributed by atoms with E-state index >= 15 is 0 Å². The maximum absolute atomic E-state index is 12.6. The quantitative estimate of drug-likeness (QED) is 0.841. The van der Waals surface area contributed by atoms with Crippen molar-refractivity contribution in [2.45, 2.75) is 13.5 Å². The van der Waals surface area contributed by atoms with Crippen molar-refractivity contribution in [1.29, 1.82) is 0 Å². The highest BCUT2D eigenvalue weighted by atomic mass is 79.9. The number of amides is 1. The fourth-order valence-electron chi connectivity index (χ4n) is 1.83. The fraction of sp³-hybridized carbons (Fsp3) is 0.286. The number of benzene rings is 1. The first-order chi connectivity index (χ1) is 9.54. The Morgan fingerprint density at radius 3 is 2.90 bits per heavy atom. The van der Waals surface area contributed by atoms with Crippen LogP contribution in [0.3, 0.4) is 0 Å². The van der Waals surface area contributed by atoms with Crippen LogP contribution in [0.1, 0.15) is 20.9 Å². The molecular formula is C14H15BrN2O2S. The van der Waals surface area contributed by atoms with Crippen LogP contribution < -0.4 is 4.90 Å². The molecule has 0 saturated carbocycles. The minimum Gasteiger partial charge on any atom is -0.378 e. The smallest absolute Gasteiger partial charge is 0.270 e. The van der Waals surface area contributed by atoms with Crippen LogP contribution in [0, 0.1) is 6.92 Å². The lowest BCUT2D eigenvalue weighted by Crippen LogP contribution is -2.26. The van der Waals surface area contributed by atoms with Crippen molar-refractivity contribution in [2.75, 3.05) is 19.1 Å². The molecule has 2 rings (SSSR count). The molecule has 0 saturated heterocycles. The summed E-state index contributed by atoms with van der Waals surface area (Å²) < 4.78 is 5.96. The fourth-order valence-corrected chi connectivity index (χ4v) is 3.36. The molecule has 1 amide bonds. The number of thiazole rings is 1.